The molecule has 106 valence electrons. The van der Waals surface area contributed by atoms with Crippen LogP contribution in [0.25, 0.3) is 0 Å². The van der Waals surface area contributed by atoms with E-state index in [9.17, 15) is 5.11 Å². The zero-order valence-electron chi connectivity index (χ0n) is 10.9. The third-order valence-electron chi connectivity index (χ3n) is 2.80. The number of ether oxygens (including phenoxy) is 2. The first-order valence-electron chi connectivity index (χ1n) is 5.99. The van der Waals surface area contributed by atoms with Crippen molar-refractivity contribution in [3.8, 4) is 11.5 Å². The van der Waals surface area contributed by atoms with Gasteiger partial charge in [-0.05, 0) is 39.7 Å². The number of hydrogen-bond acceptors (Lipinski definition) is 3. The molecule has 0 amide bonds. The minimum atomic E-state index is -0.0558. The smallest absolute Gasteiger partial charge is 0.175 e. The number of aliphatic hydroxyl groups excluding tert-OH is 1. The molecule has 0 heterocycles. The van der Waals surface area contributed by atoms with Gasteiger partial charge in [-0.3, -0.25) is 0 Å². The van der Waals surface area contributed by atoms with E-state index in [1.807, 2.05) is 24.3 Å². The summed E-state index contributed by atoms with van der Waals surface area (Å²) in [5, 5.41) is 9.84. The van der Waals surface area contributed by atoms with Crippen LogP contribution in [-0.4, -0.2) is 12.2 Å². The number of benzene rings is 2. The second kappa shape index (κ2) is 6.97. The summed E-state index contributed by atoms with van der Waals surface area (Å²) in [7, 11) is 1.56. The quantitative estimate of drug-likeness (QED) is 0.872. The fourth-order valence-corrected chi connectivity index (χ4v) is 2.56. The Hall–Kier alpha value is -1.23. The predicted octanol–water partition coefficient (Wildman–Crippen LogP) is 4.18. The molecule has 2 aromatic carbocycles. The zero-order chi connectivity index (χ0) is 14.5. The Balaban J connectivity index is 2.23. The molecule has 0 atom stereocenters. The van der Waals surface area contributed by atoms with Crippen molar-refractivity contribution < 1.29 is 14.6 Å². The minimum Gasteiger partial charge on any atom is -0.493 e. The van der Waals surface area contributed by atoms with E-state index in [-0.39, 0.29) is 6.61 Å². The normalized spacial score (nSPS) is 10.4. The van der Waals surface area contributed by atoms with Gasteiger partial charge in [-0.2, -0.15) is 0 Å². The summed E-state index contributed by atoms with van der Waals surface area (Å²) in [4.78, 5) is 0. The van der Waals surface area contributed by atoms with Crippen molar-refractivity contribution >= 4 is 27.5 Å². The van der Waals surface area contributed by atoms with Gasteiger partial charge in [-0.15, -0.1) is 0 Å². The summed E-state index contributed by atoms with van der Waals surface area (Å²) < 4.78 is 11.8. The Morgan fingerprint density at radius 2 is 2.00 bits per heavy atom. The number of aliphatic hydroxyl groups is 1. The number of methoxy groups -OCH3 is 1. The summed E-state index contributed by atoms with van der Waals surface area (Å²) in [5.74, 6) is 1.15. The van der Waals surface area contributed by atoms with Crippen molar-refractivity contribution in [3.05, 3.63) is 57.0 Å². The molecule has 1 N–H and O–H groups in total. The summed E-state index contributed by atoms with van der Waals surface area (Å²) in [6.07, 6.45) is 0. The van der Waals surface area contributed by atoms with Gasteiger partial charge in [0.1, 0.15) is 6.61 Å². The molecule has 2 aromatic rings. The maximum Gasteiger partial charge on any atom is 0.175 e. The number of halogens is 2. The lowest BCUT2D eigenvalue weighted by Crippen LogP contribution is -2.00. The third-order valence-corrected chi connectivity index (χ3v) is 3.76. The van der Waals surface area contributed by atoms with Crippen LogP contribution in [0.5, 0.6) is 11.5 Å². The van der Waals surface area contributed by atoms with Crippen molar-refractivity contribution in [1.29, 1.82) is 0 Å². The molecule has 0 saturated carbocycles. The van der Waals surface area contributed by atoms with Gasteiger partial charge in [0.2, 0.25) is 0 Å². The molecule has 0 spiro atoms. The van der Waals surface area contributed by atoms with Gasteiger partial charge >= 0.3 is 0 Å². The Morgan fingerprint density at radius 1 is 1.25 bits per heavy atom. The molecule has 2 rings (SSSR count). The van der Waals surface area contributed by atoms with Crippen molar-refractivity contribution in [2.45, 2.75) is 13.2 Å². The van der Waals surface area contributed by atoms with Gasteiger partial charge in [0.15, 0.2) is 11.5 Å². The first kappa shape index (κ1) is 15.2. The zero-order valence-corrected chi connectivity index (χ0v) is 13.2. The van der Waals surface area contributed by atoms with Crippen molar-refractivity contribution in [2.75, 3.05) is 7.11 Å². The Kier molecular flexibility index (Phi) is 5.29. The van der Waals surface area contributed by atoms with Crippen molar-refractivity contribution in [3.63, 3.8) is 0 Å². The van der Waals surface area contributed by atoms with Crippen LogP contribution in [0.1, 0.15) is 11.1 Å². The van der Waals surface area contributed by atoms with Crippen molar-refractivity contribution in [2.24, 2.45) is 0 Å². The van der Waals surface area contributed by atoms with E-state index < -0.39 is 0 Å². The van der Waals surface area contributed by atoms with Crippen LogP contribution in [0.4, 0.5) is 0 Å². The van der Waals surface area contributed by atoms with Gasteiger partial charge < -0.3 is 14.6 Å². The molecule has 0 fully saturated rings. The van der Waals surface area contributed by atoms with Crippen LogP contribution in [0.2, 0.25) is 5.02 Å². The molecule has 0 aliphatic heterocycles. The summed E-state index contributed by atoms with van der Waals surface area (Å²) in [5.41, 5.74) is 1.65. The summed E-state index contributed by atoms with van der Waals surface area (Å²) in [6, 6.07) is 11.0. The van der Waals surface area contributed by atoms with E-state index >= 15 is 0 Å². The number of rotatable bonds is 5. The highest BCUT2D eigenvalue weighted by Crippen LogP contribution is 2.37. The minimum absolute atomic E-state index is 0.0558. The highest BCUT2D eigenvalue weighted by atomic mass is 79.9. The highest BCUT2D eigenvalue weighted by Gasteiger charge is 2.12. The fraction of sp³-hybridized carbons (Fsp3) is 0.200. The Labute approximate surface area is 131 Å². The van der Waals surface area contributed by atoms with Crippen LogP contribution < -0.4 is 9.47 Å². The first-order valence-corrected chi connectivity index (χ1v) is 7.16. The predicted molar refractivity (Wildman–Crippen MR) is 82.4 cm³/mol. The first-order chi connectivity index (χ1) is 9.65. The summed E-state index contributed by atoms with van der Waals surface area (Å²) >= 11 is 9.52. The highest BCUT2D eigenvalue weighted by molar-refractivity contribution is 9.10. The van der Waals surface area contributed by atoms with Crippen LogP contribution in [-0.2, 0) is 13.2 Å². The Morgan fingerprint density at radius 3 is 2.65 bits per heavy atom. The van der Waals surface area contributed by atoms with Crippen LogP contribution in [0, 0.1) is 0 Å². The van der Waals surface area contributed by atoms with E-state index in [0.29, 0.717) is 23.1 Å². The molecule has 0 unspecified atom stereocenters. The van der Waals surface area contributed by atoms with E-state index in [0.717, 1.165) is 15.6 Å². The molecular formula is C15H14BrClO3. The molecule has 0 aliphatic rings. The van der Waals surface area contributed by atoms with E-state index in [4.69, 9.17) is 21.1 Å². The molecule has 3 nitrogen and oxygen atoms in total. The monoisotopic (exact) mass is 356 g/mol. The lowest BCUT2D eigenvalue weighted by atomic mass is 10.2. The second-order valence-electron chi connectivity index (χ2n) is 4.15. The lowest BCUT2D eigenvalue weighted by Gasteiger charge is -2.14. The lowest BCUT2D eigenvalue weighted by molar-refractivity contribution is 0.273. The fourth-order valence-electron chi connectivity index (χ4n) is 1.77. The van der Waals surface area contributed by atoms with Gasteiger partial charge in [-0.25, -0.2) is 0 Å². The van der Waals surface area contributed by atoms with Crippen LogP contribution in [0.3, 0.4) is 0 Å². The van der Waals surface area contributed by atoms with E-state index in [1.54, 1.807) is 19.2 Å². The average Bonchev–Trinajstić information content (AvgIpc) is 2.46. The van der Waals surface area contributed by atoms with E-state index in [2.05, 4.69) is 15.9 Å². The average molecular weight is 358 g/mol. The van der Waals surface area contributed by atoms with Crippen LogP contribution in [0.15, 0.2) is 40.9 Å². The molecule has 5 heteroatoms. The SMILES string of the molecule is COc1cc(CO)cc(Br)c1OCc1ccccc1Cl. The topological polar surface area (TPSA) is 38.7 Å². The number of hydrogen-bond donors (Lipinski definition) is 1. The molecular weight excluding hydrogens is 344 g/mol. The molecule has 0 bridgehead atoms. The third kappa shape index (κ3) is 3.45. The maximum absolute atomic E-state index is 9.18. The van der Waals surface area contributed by atoms with Gasteiger partial charge in [0.25, 0.3) is 0 Å². The molecule has 0 radical (unpaired) electrons. The van der Waals surface area contributed by atoms with Gasteiger partial charge in [-0.1, -0.05) is 29.8 Å². The largest absolute Gasteiger partial charge is 0.493 e. The van der Waals surface area contributed by atoms with Gasteiger partial charge in [0, 0.05) is 10.6 Å². The summed E-state index contributed by atoms with van der Waals surface area (Å²) in [6.45, 7) is 0.285. The van der Waals surface area contributed by atoms with Crippen molar-refractivity contribution in [1.82, 2.24) is 0 Å². The molecule has 0 aliphatic carbocycles. The van der Waals surface area contributed by atoms with E-state index in [1.165, 1.54) is 0 Å². The molecule has 20 heavy (non-hydrogen) atoms. The molecule has 0 saturated heterocycles. The standard InChI is InChI=1S/C15H14BrClO3/c1-19-14-7-10(8-18)6-12(16)15(14)20-9-11-4-2-3-5-13(11)17/h2-7,18H,8-9H2,1H3. The van der Waals surface area contributed by atoms with Crippen LogP contribution >= 0.6 is 27.5 Å². The Bertz CT molecular complexity index is 602. The molecule has 0 aromatic heterocycles. The van der Waals surface area contributed by atoms with Gasteiger partial charge in [0.05, 0.1) is 18.2 Å². The second-order valence-corrected chi connectivity index (χ2v) is 5.41. The maximum atomic E-state index is 9.18.